The summed E-state index contributed by atoms with van der Waals surface area (Å²) in [6.07, 6.45) is 22.1. The van der Waals surface area contributed by atoms with Crippen molar-refractivity contribution in [2.75, 3.05) is 26.4 Å². The van der Waals surface area contributed by atoms with Crippen molar-refractivity contribution in [3.8, 4) is 0 Å². The lowest BCUT2D eigenvalue weighted by Crippen LogP contribution is -2.36. The molecule has 0 saturated carbocycles. The van der Waals surface area contributed by atoms with E-state index >= 15 is 0 Å². The summed E-state index contributed by atoms with van der Waals surface area (Å²) in [4.78, 5) is 12.0. The van der Waals surface area contributed by atoms with E-state index < -0.39 is 11.5 Å². The van der Waals surface area contributed by atoms with Crippen LogP contribution in [0.4, 0.5) is 4.79 Å². The average molecular weight is 504 g/mol. The minimum Gasteiger partial charge on any atom is -0.449 e. The summed E-state index contributed by atoms with van der Waals surface area (Å²) in [5.74, 6) is 0. The van der Waals surface area contributed by atoms with E-state index in [0.717, 1.165) is 18.4 Å². The summed E-state index contributed by atoms with van der Waals surface area (Å²) in [5, 5.41) is 12.6. The maximum Gasteiger partial charge on any atom is 0.407 e. The number of amides is 1. The molecule has 206 valence electrons. The predicted octanol–water partition coefficient (Wildman–Crippen LogP) is 7.97. The fraction of sp³-hybridized carbons (Fsp3) is 0.710. The van der Waals surface area contributed by atoms with E-state index in [9.17, 15) is 9.90 Å². The quantitative estimate of drug-likeness (QED) is 0.117. The molecule has 0 saturated heterocycles. The highest BCUT2D eigenvalue weighted by molar-refractivity contribution is 5.67. The first-order valence-electron chi connectivity index (χ1n) is 14.4. The first kappa shape index (κ1) is 32.2. The smallest absolute Gasteiger partial charge is 0.407 e. The first-order chi connectivity index (χ1) is 17.6. The number of alkyl carbamates (subject to hydrolysis) is 1. The van der Waals surface area contributed by atoms with Crippen LogP contribution in [-0.2, 0) is 16.1 Å². The molecule has 0 aliphatic carbocycles. The van der Waals surface area contributed by atoms with Crippen molar-refractivity contribution in [1.82, 2.24) is 5.32 Å². The van der Waals surface area contributed by atoms with Gasteiger partial charge in [0.2, 0.25) is 0 Å². The minimum absolute atomic E-state index is 0.107. The lowest BCUT2D eigenvalue weighted by atomic mass is 9.94. The number of carbonyl (C=O) groups is 1. The van der Waals surface area contributed by atoms with Gasteiger partial charge in [-0.3, -0.25) is 0 Å². The SMILES string of the molecule is CCCCCCCC/C=C\CCCCCCCCNC(=O)OCC(C)(CO)COCc1ccccc1. The number of rotatable bonds is 23. The number of unbranched alkanes of at least 4 members (excludes halogenated alkanes) is 12. The second-order valence-corrected chi connectivity index (χ2v) is 10.4. The Balaban J connectivity index is 1.93. The third-order valence-corrected chi connectivity index (χ3v) is 6.45. The van der Waals surface area contributed by atoms with Crippen LogP contribution in [0.5, 0.6) is 0 Å². The average Bonchev–Trinajstić information content (AvgIpc) is 2.90. The molecule has 1 atom stereocenters. The molecule has 5 nitrogen and oxygen atoms in total. The molecular formula is C31H53NO4. The van der Waals surface area contributed by atoms with Crippen molar-refractivity contribution in [1.29, 1.82) is 0 Å². The molecule has 1 rings (SSSR count). The van der Waals surface area contributed by atoms with Crippen LogP contribution in [0, 0.1) is 5.41 Å². The number of aliphatic hydroxyl groups is 1. The number of aliphatic hydroxyl groups excluding tert-OH is 1. The van der Waals surface area contributed by atoms with Gasteiger partial charge in [0.25, 0.3) is 0 Å². The van der Waals surface area contributed by atoms with Gasteiger partial charge in [-0.15, -0.1) is 0 Å². The van der Waals surface area contributed by atoms with Crippen LogP contribution < -0.4 is 5.32 Å². The van der Waals surface area contributed by atoms with Gasteiger partial charge in [0.05, 0.1) is 19.8 Å². The largest absolute Gasteiger partial charge is 0.449 e. The number of benzene rings is 1. The third-order valence-electron chi connectivity index (χ3n) is 6.45. The maximum absolute atomic E-state index is 12.0. The number of nitrogens with one attached hydrogen (secondary N) is 1. The second kappa shape index (κ2) is 22.4. The van der Waals surface area contributed by atoms with E-state index in [1.807, 2.05) is 37.3 Å². The molecule has 0 aromatic heterocycles. The molecule has 1 aromatic carbocycles. The van der Waals surface area contributed by atoms with Crippen LogP contribution >= 0.6 is 0 Å². The highest BCUT2D eigenvalue weighted by Gasteiger charge is 2.26. The van der Waals surface area contributed by atoms with E-state index in [0.29, 0.717) is 19.8 Å². The van der Waals surface area contributed by atoms with Gasteiger partial charge in [0, 0.05) is 12.0 Å². The van der Waals surface area contributed by atoms with Gasteiger partial charge in [0.1, 0.15) is 6.61 Å². The van der Waals surface area contributed by atoms with Gasteiger partial charge in [-0.05, 0) is 37.7 Å². The Bertz CT molecular complexity index is 664. The third kappa shape index (κ3) is 18.4. The number of hydrogen-bond donors (Lipinski definition) is 2. The molecule has 0 heterocycles. The Labute approximate surface area is 221 Å². The molecule has 0 aliphatic rings. The molecule has 0 radical (unpaired) electrons. The van der Waals surface area contributed by atoms with Gasteiger partial charge in [-0.25, -0.2) is 4.79 Å². The van der Waals surface area contributed by atoms with E-state index in [4.69, 9.17) is 9.47 Å². The Kier molecular flexibility index (Phi) is 20.0. The molecule has 2 N–H and O–H groups in total. The van der Waals surface area contributed by atoms with Crippen LogP contribution in [0.25, 0.3) is 0 Å². The van der Waals surface area contributed by atoms with E-state index in [2.05, 4.69) is 24.4 Å². The maximum atomic E-state index is 12.0. The fourth-order valence-corrected chi connectivity index (χ4v) is 3.98. The van der Waals surface area contributed by atoms with Gasteiger partial charge < -0.3 is 19.9 Å². The van der Waals surface area contributed by atoms with E-state index in [1.165, 1.54) is 77.0 Å². The highest BCUT2D eigenvalue weighted by Crippen LogP contribution is 2.18. The Morgan fingerprint density at radius 1 is 0.861 bits per heavy atom. The Morgan fingerprint density at radius 3 is 2.06 bits per heavy atom. The lowest BCUT2D eigenvalue weighted by Gasteiger charge is -2.26. The van der Waals surface area contributed by atoms with Gasteiger partial charge in [-0.2, -0.15) is 0 Å². The van der Waals surface area contributed by atoms with Crippen molar-refractivity contribution in [3.05, 3.63) is 48.0 Å². The molecule has 0 bridgehead atoms. The summed E-state index contributed by atoms with van der Waals surface area (Å²) >= 11 is 0. The number of allylic oxidation sites excluding steroid dienone is 2. The molecule has 0 fully saturated rings. The fourth-order valence-electron chi connectivity index (χ4n) is 3.98. The number of carbonyl (C=O) groups excluding carboxylic acids is 1. The molecule has 36 heavy (non-hydrogen) atoms. The van der Waals surface area contributed by atoms with Crippen molar-refractivity contribution < 1.29 is 19.4 Å². The molecule has 1 amide bonds. The summed E-state index contributed by atoms with van der Waals surface area (Å²) in [6.45, 7) is 5.55. The van der Waals surface area contributed by atoms with E-state index in [-0.39, 0.29) is 13.2 Å². The molecule has 1 aromatic rings. The summed E-state index contributed by atoms with van der Waals surface area (Å²) in [6, 6.07) is 9.89. The lowest BCUT2D eigenvalue weighted by molar-refractivity contribution is -0.0267. The van der Waals surface area contributed by atoms with Crippen molar-refractivity contribution in [2.45, 2.75) is 110 Å². The zero-order valence-electron chi connectivity index (χ0n) is 23.1. The standard InChI is InChI=1S/C31H53NO4/c1-3-4-5-6-7-8-9-10-11-12-13-14-15-16-17-21-24-32-30(34)36-28-31(2,26-33)27-35-25-29-22-19-18-20-23-29/h10-11,18-20,22-23,33H,3-9,12-17,21,24-28H2,1-2H3,(H,32,34)/b11-10-. The highest BCUT2D eigenvalue weighted by atomic mass is 16.6. The van der Waals surface area contributed by atoms with Crippen LogP contribution in [-0.4, -0.2) is 37.6 Å². The zero-order valence-corrected chi connectivity index (χ0v) is 23.1. The first-order valence-corrected chi connectivity index (χ1v) is 14.4. The van der Waals surface area contributed by atoms with Gasteiger partial charge in [-0.1, -0.05) is 114 Å². The van der Waals surface area contributed by atoms with Crippen molar-refractivity contribution >= 4 is 6.09 Å². The van der Waals surface area contributed by atoms with Gasteiger partial charge >= 0.3 is 6.09 Å². The zero-order chi connectivity index (χ0) is 26.2. The van der Waals surface area contributed by atoms with Crippen molar-refractivity contribution in [3.63, 3.8) is 0 Å². The molecule has 1 unspecified atom stereocenters. The number of ether oxygens (including phenoxy) is 2. The minimum atomic E-state index is -0.616. The summed E-state index contributed by atoms with van der Waals surface area (Å²) < 4.78 is 11.1. The van der Waals surface area contributed by atoms with Crippen LogP contribution in [0.1, 0.15) is 109 Å². The van der Waals surface area contributed by atoms with E-state index in [1.54, 1.807) is 0 Å². The van der Waals surface area contributed by atoms with Crippen LogP contribution in [0.3, 0.4) is 0 Å². The molecule has 0 aliphatic heterocycles. The Morgan fingerprint density at radius 2 is 1.44 bits per heavy atom. The summed E-state index contributed by atoms with van der Waals surface area (Å²) in [5.41, 5.74) is 0.460. The van der Waals surface area contributed by atoms with Crippen LogP contribution in [0.15, 0.2) is 42.5 Å². The monoisotopic (exact) mass is 503 g/mol. The Hall–Kier alpha value is -1.85. The predicted molar refractivity (Wildman–Crippen MR) is 150 cm³/mol. The number of hydrogen-bond acceptors (Lipinski definition) is 4. The molecule has 5 heteroatoms. The molecule has 0 spiro atoms. The summed E-state index contributed by atoms with van der Waals surface area (Å²) in [7, 11) is 0. The van der Waals surface area contributed by atoms with Crippen molar-refractivity contribution in [2.24, 2.45) is 5.41 Å². The molecular weight excluding hydrogens is 450 g/mol. The topological polar surface area (TPSA) is 67.8 Å². The normalized spacial score (nSPS) is 13.1. The van der Waals surface area contributed by atoms with Crippen LogP contribution in [0.2, 0.25) is 0 Å². The van der Waals surface area contributed by atoms with Gasteiger partial charge in [0.15, 0.2) is 0 Å². The second-order valence-electron chi connectivity index (χ2n) is 10.4.